The molecule has 0 saturated heterocycles. The Balaban J connectivity index is 1.89. The molecule has 0 aliphatic carbocycles. The topological polar surface area (TPSA) is 86.8 Å². The SMILES string of the molecule is CC[C@@H](C)NC(=O)[C@H](Cc1ccccc1)N(Cc1ccc(Br)cc1)C(=O)CCCN(c1ccccc1C)S(C)(=O)=O. The zero-order valence-corrected chi connectivity index (χ0v) is 26.6. The maximum Gasteiger partial charge on any atom is 0.243 e. The first-order chi connectivity index (χ1) is 19.5. The summed E-state index contributed by atoms with van der Waals surface area (Å²) in [5.74, 6) is -0.405. The molecule has 3 rings (SSSR count). The van der Waals surface area contributed by atoms with Gasteiger partial charge in [0.2, 0.25) is 21.8 Å². The van der Waals surface area contributed by atoms with Gasteiger partial charge in [0.25, 0.3) is 0 Å². The van der Waals surface area contributed by atoms with Gasteiger partial charge >= 0.3 is 0 Å². The van der Waals surface area contributed by atoms with Crippen molar-refractivity contribution in [2.75, 3.05) is 17.1 Å². The molecule has 3 aromatic rings. The summed E-state index contributed by atoms with van der Waals surface area (Å²) >= 11 is 3.46. The Labute approximate surface area is 253 Å². The molecule has 2 atom stereocenters. The first-order valence-corrected chi connectivity index (χ1v) is 16.5. The first-order valence-electron chi connectivity index (χ1n) is 13.9. The molecule has 220 valence electrons. The third-order valence-electron chi connectivity index (χ3n) is 7.07. The fourth-order valence-electron chi connectivity index (χ4n) is 4.61. The maximum absolute atomic E-state index is 13.9. The summed E-state index contributed by atoms with van der Waals surface area (Å²) in [6, 6.07) is 23.9. The minimum absolute atomic E-state index is 0.0390. The van der Waals surface area contributed by atoms with E-state index in [1.807, 2.05) is 87.5 Å². The molecule has 0 spiro atoms. The molecule has 0 aromatic heterocycles. The fraction of sp³-hybridized carbons (Fsp3) is 0.375. The highest BCUT2D eigenvalue weighted by molar-refractivity contribution is 9.10. The number of para-hydroxylation sites is 1. The molecular formula is C32H40BrN3O4S. The van der Waals surface area contributed by atoms with Crippen LogP contribution in [0, 0.1) is 6.92 Å². The molecule has 0 bridgehead atoms. The van der Waals surface area contributed by atoms with Crippen LogP contribution in [0.3, 0.4) is 0 Å². The number of aryl methyl sites for hydroxylation is 1. The smallest absolute Gasteiger partial charge is 0.243 e. The lowest BCUT2D eigenvalue weighted by atomic mass is 10.0. The van der Waals surface area contributed by atoms with Gasteiger partial charge < -0.3 is 10.2 Å². The molecule has 0 saturated carbocycles. The van der Waals surface area contributed by atoms with Gasteiger partial charge in [0.15, 0.2) is 0 Å². The van der Waals surface area contributed by atoms with Crippen molar-refractivity contribution in [3.05, 3.63) is 100 Å². The normalized spacial score (nSPS) is 12.8. The van der Waals surface area contributed by atoms with E-state index >= 15 is 0 Å². The summed E-state index contributed by atoms with van der Waals surface area (Å²) in [6.07, 6.45) is 2.71. The molecule has 9 heteroatoms. The minimum atomic E-state index is -3.56. The number of nitrogens with one attached hydrogen (secondary N) is 1. The van der Waals surface area contributed by atoms with Crippen molar-refractivity contribution in [2.24, 2.45) is 0 Å². The highest BCUT2D eigenvalue weighted by atomic mass is 79.9. The maximum atomic E-state index is 13.9. The molecule has 7 nitrogen and oxygen atoms in total. The number of nitrogens with zero attached hydrogens (tertiary/aromatic N) is 2. The van der Waals surface area contributed by atoms with Gasteiger partial charge in [0.1, 0.15) is 6.04 Å². The highest BCUT2D eigenvalue weighted by Gasteiger charge is 2.31. The molecule has 1 N–H and O–H groups in total. The van der Waals surface area contributed by atoms with E-state index in [2.05, 4.69) is 21.2 Å². The van der Waals surface area contributed by atoms with Crippen LogP contribution in [0.4, 0.5) is 5.69 Å². The van der Waals surface area contributed by atoms with Crippen LogP contribution in [-0.2, 0) is 32.6 Å². The summed E-state index contributed by atoms with van der Waals surface area (Å²) in [6.45, 7) is 6.23. The second kappa shape index (κ2) is 15.2. The highest BCUT2D eigenvalue weighted by Crippen LogP contribution is 2.23. The van der Waals surface area contributed by atoms with Gasteiger partial charge in [0, 0.05) is 36.4 Å². The molecule has 0 heterocycles. The fourth-order valence-corrected chi connectivity index (χ4v) is 5.89. The van der Waals surface area contributed by atoms with Crippen LogP contribution in [0.2, 0.25) is 0 Å². The predicted molar refractivity (Wildman–Crippen MR) is 169 cm³/mol. The summed E-state index contributed by atoms with van der Waals surface area (Å²) in [7, 11) is -3.56. The number of anilines is 1. The largest absolute Gasteiger partial charge is 0.352 e. The molecule has 0 fully saturated rings. The van der Waals surface area contributed by atoms with Crippen LogP contribution in [0.15, 0.2) is 83.3 Å². The lowest BCUT2D eigenvalue weighted by molar-refractivity contribution is -0.141. The molecule has 0 radical (unpaired) electrons. The number of hydrogen-bond acceptors (Lipinski definition) is 4. The van der Waals surface area contributed by atoms with Gasteiger partial charge in [-0.1, -0.05) is 83.5 Å². The van der Waals surface area contributed by atoms with Gasteiger partial charge in [-0.15, -0.1) is 0 Å². The Hall–Kier alpha value is -3.17. The average molecular weight is 643 g/mol. The number of benzene rings is 3. The molecule has 41 heavy (non-hydrogen) atoms. The number of carbonyl (C=O) groups excluding carboxylic acids is 2. The number of sulfonamides is 1. The van der Waals surface area contributed by atoms with Crippen molar-refractivity contribution in [2.45, 2.75) is 65.1 Å². The number of amides is 2. The van der Waals surface area contributed by atoms with E-state index < -0.39 is 16.1 Å². The number of rotatable bonds is 14. The second-order valence-corrected chi connectivity index (χ2v) is 13.2. The van der Waals surface area contributed by atoms with Crippen LogP contribution < -0.4 is 9.62 Å². The lowest BCUT2D eigenvalue weighted by Crippen LogP contribution is -2.52. The van der Waals surface area contributed by atoms with Gasteiger partial charge in [-0.25, -0.2) is 8.42 Å². The van der Waals surface area contributed by atoms with E-state index in [0.29, 0.717) is 18.5 Å². The molecule has 2 amide bonds. The summed E-state index contributed by atoms with van der Waals surface area (Å²) < 4.78 is 27.6. The van der Waals surface area contributed by atoms with Crippen LogP contribution in [-0.4, -0.2) is 50.0 Å². The number of carbonyl (C=O) groups is 2. The monoisotopic (exact) mass is 641 g/mol. The zero-order chi connectivity index (χ0) is 30.0. The quantitative estimate of drug-likeness (QED) is 0.239. The average Bonchev–Trinajstić information content (AvgIpc) is 2.94. The standard InChI is InChI=1S/C32H40BrN3O4S/c1-5-25(3)34-32(38)30(22-26-13-7-6-8-14-26)35(23-27-17-19-28(33)20-18-27)31(37)16-11-21-36(41(4,39)40)29-15-10-9-12-24(29)2/h6-10,12-15,17-20,25,30H,5,11,16,21-23H2,1-4H3,(H,34,38)/t25-,30+/m1/s1. The van der Waals surface area contributed by atoms with Crippen molar-refractivity contribution in [1.82, 2.24) is 10.2 Å². The van der Waals surface area contributed by atoms with E-state index in [-0.39, 0.29) is 37.4 Å². The zero-order valence-electron chi connectivity index (χ0n) is 24.2. The lowest BCUT2D eigenvalue weighted by Gasteiger charge is -2.33. The van der Waals surface area contributed by atoms with E-state index in [1.54, 1.807) is 17.0 Å². The Morgan fingerprint density at radius 2 is 1.56 bits per heavy atom. The molecule has 0 aliphatic rings. The summed E-state index contributed by atoms with van der Waals surface area (Å²) in [5, 5.41) is 3.07. The molecular weight excluding hydrogens is 602 g/mol. The van der Waals surface area contributed by atoms with Crippen molar-refractivity contribution in [1.29, 1.82) is 0 Å². The van der Waals surface area contributed by atoms with E-state index in [4.69, 9.17) is 0 Å². The van der Waals surface area contributed by atoms with E-state index in [0.717, 1.165) is 27.6 Å². The van der Waals surface area contributed by atoms with Gasteiger partial charge in [-0.05, 0) is 61.6 Å². The third-order valence-corrected chi connectivity index (χ3v) is 8.78. The predicted octanol–water partition coefficient (Wildman–Crippen LogP) is 5.86. The van der Waals surface area contributed by atoms with Gasteiger partial charge in [-0.2, -0.15) is 0 Å². The Kier molecular flexibility index (Phi) is 12.0. The van der Waals surface area contributed by atoms with Crippen molar-refractivity contribution in [3.8, 4) is 0 Å². The van der Waals surface area contributed by atoms with E-state index in [1.165, 1.54) is 10.6 Å². The molecule has 0 unspecified atom stereocenters. The van der Waals surface area contributed by atoms with Crippen LogP contribution in [0.25, 0.3) is 0 Å². The van der Waals surface area contributed by atoms with Crippen molar-refractivity contribution < 1.29 is 18.0 Å². The number of halogens is 1. The third kappa shape index (κ3) is 9.71. The Bertz CT molecular complexity index is 1400. The van der Waals surface area contributed by atoms with Gasteiger partial charge in [-0.3, -0.25) is 13.9 Å². The summed E-state index contributed by atoms with van der Waals surface area (Å²) in [5.41, 5.74) is 3.29. The minimum Gasteiger partial charge on any atom is -0.352 e. The van der Waals surface area contributed by atoms with Gasteiger partial charge in [0.05, 0.1) is 11.9 Å². The second-order valence-electron chi connectivity index (χ2n) is 10.4. The number of hydrogen-bond donors (Lipinski definition) is 1. The Morgan fingerprint density at radius 3 is 2.17 bits per heavy atom. The summed E-state index contributed by atoms with van der Waals surface area (Å²) in [4.78, 5) is 29.2. The van der Waals surface area contributed by atoms with Crippen molar-refractivity contribution >= 4 is 43.5 Å². The molecule has 3 aromatic carbocycles. The van der Waals surface area contributed by atoms with Crippen LogP contribution in [0.5, 0.6) is 0 Å². The Morgan fingerprint density at radius 1 is 0.927 bits per heavy atom. The molecule has 0 aliphatic heterocycles. The van der Waals surface area contributed by atoms with E-state index in [9.17, 15) is 18.0 Å². The first kappa shape index (κ1) is 32.3. The van der Waals surface area contributed by atoms with Crippen LogP contribution in [0.1, 0.15) is 49.8 Å². The van der Waals surface area contributed by atoms with Crippen LogP contribution >= 0.6 is 15.9 Å². The van der Waals surface area contributed by atoms with Crippen molar-refractivity contribution in [3.63, 3.8) is 0 Å².